The summed E-state index contributed by atoms with van der Waals surface area (Å²) >= 11 is 2.24. The summed E-state index contributed by atoms with van der Waals surface area (Å²) in [5.74, 6) is 0. The summed E-state index contributed by atoms with van der Waals surface area (Å²) in [6.45, 7) is 9.43. The van der Waals surface area contributed by atoms with Gasteiger partial charge in [-0.3, -0.25) is 0 Å². The molecule has 0 radical (unpaired) electrons. The molecule has 0 rings (SSSR count). The van der Waals surface area contributed by atoms with E-state index >= 15 is 0 Å². The van der Waals surface area contributed by atoms with Gasteiger partial charge < -0.3 is 0 Å². The van der Waals surface area contributed by atoms with E-state index in [1.54, 1.807) is 13.3 Å². The van der Waals surface area contributed by atoms with E-state index in [1.165, 1.54) is 51.4 Å². The molecule has 0 aliphatic carbocycles. The Morgan fingerprint density at radius 1 is 0.722 bits per heavy atom. The Balaban J connectivity index is 4.72. The van der Waals surface area contributed by atoms with Gasteiger partial charge in [0.25, 0.3) is 0 Å². The van der Waals surface area contributed by atoms with Gasteiger partial charge in [0.15, 0.2) is 0 Å². The summed E-state index contributed by atoms with van der Waals surface area (Å²) in [4.78, 5) is 0. The van der Waals surface area contributed by atoms with Crippen LogP contribution in [0.15, 0.2) is 0 Å². The average Bonchev–Trinajstić information content (AvgIpc) is 2.38. The van der Waals surface area contributed by atoms with Gasteiger partial charge in [-0.05, 0) is 0 Å². The Morgan fingerprint density at radius 3 is 1.39 bits per heavy atom. The molecule has 0 amide bonds. The van der Waals surface area contributed by atoms with Crippen LogP contribution in [-0.2, 0) is 0 Å². The molecule has 0 spiro atoms. The van der Waals surface area contributed by atoms with Crippen LogP contribution in [0.5, 0.6) is 0 Å². The zero-order chi connectivity index (χ0) is 13.9. The predicted octanol–water partition coefficient (Wildman–Crippen LogP) is 6.94. The molecule has 18 heavy (non-hydrogen) atoms. The minimum atomic E-state index is -1.91. The molecular formula is C16H35BrSn. The summed E-state index contributed by atoms with van der Waals surface area (Å²) in [5, 5.41) is 0. The van der Waals surface area contributed by atoms with Crippen molar-refractivity contribution in [2.24, 2.45) is 0 Å². The summed E-state index contributed by atoms with van der Waals surface area (Å²) < 4.78 is 5.87. The summed E-state index contributed by atoms with van der Waals surface area (Å²) in [5.41, 5.74) is 0. The third-order valence-electron chi connectivity index (χ3n) is 4.29. The van der Waals surface area contributed by atoms with Crippen LogP contribution < -0.4 is 0 Å². The molecule has 0 bridgehead atoms. The maximum absolute atomic E-state index is 4.15. The molecule has 0 fully saturated rings. The van der Waals surface area contributed by atoms with Gasteiger partial charge in [-0.2, -0.15) is 0 Å². The molecule has 0 saturated heterocycles. The van der Waals surface area contributed by atoms with E-state index in [-0.39, 0.29) is 0 Å². The Bertz CT molecular complexity index is 160. The van der Waals surface area contributed by atoms with Crippen LogP contribution in [0.2, 0.25) is 13.3 Å². The van der Waals surface area contributed by atoms with Crippen molar-refractivity contribution < 1.29 is 0 Å². The number of halogens is 1. The fourth-order valence-corrected chi connectivity index (χ4v) is 24.5. The van der Waals surface area contributed by atoms with Crippen molar-refractivity contribution >= 4 is 34.3 Å². The van der Waals surface area contributed by atoms with E-state index in [0.717, 1.165) is 2.84 Å². The molecule has 1 unspecified atom stereocenters. The zero-order valence-corrected chi connectivity index (χ0v) is 17.7. The fraction of sp³-hybridized carbons (Fsp3) is 1.00. The molecule has 0 N–H and O–H groups in total. The standard InChI is InChI=1S/C4H8Br.3C4H9.Sn/c1-2-3-4-5;3*1-3-4-2;/h4H,2-3H2,1H3;3*1,3-4H2,2H3;. The Hall–Kier alpha value is 1.28. The van der Waals surface area contributed by atoms with Crippen molar-refractivity contribution in [3.63, 3.8) is 0 Å². The van der Waals surface area contributed by atoms with Crippen LogP contribution in [0.25, 0.3) is 0 Å². The van der Waals surface area contributed by atoms with E-state index in [0.29, 0.717) is 0 Å². The molecule has 0 heterocycles. The van der Waals surface area contributed by atoms with E-state index in [4.69, 9.17) is 0 Å². The van der Waals surface area contributed by atoms with Crippen LogP contribution in [0.3, 0.4) is 0 Å². The first-order valence-electron chi connectivity index (χ1n) is 8.30. The first-order chi connectivity index (χ1) is 8.66. The maximum atomic E-state index is 4.15. The van der Waals surface area contributed by atoms with E-state index in [1.807, 2.05) is 0 Å². The number of unbranched alkanes of at least 4 members (excludes halogenated alkanes) is 3. The van der Waals surface area contributed by atoms with E-state index < -0.39 is 18.4 Å². The van der Waals surface area contributed by atoms with Crippen molar-refractivity contribution in [2.75, 3.05) is 0 Å². The topological polar surface area (TPSA) is 0 Å². The third-order valence-corrected chi connectivity index (χ3v) is 27.4. The molecule has 0 nitrogen and oxygen atoms in total. The van der Waals surface area contributed by atoms with Gasteiger partial charge in [-0.25, -0.2) is 0 Å². The van der Waals surface area contributed by atoms with E-state index in [2.05, 4.69) is 43.6 Å². The normalized spacial score (nSPS) is 13.8. The van der Waals surface area contributed by atoms with Crippen LogP contribution in [0.1, 0.15) is 79.1 Å². The number of hydrogen-bond acceptors (Lipinski definition) is 0. The van der Waals surface area contributed by atoms with Crippen molar-refractivity contribution in [1.29, 1.82) is 0 Å². The molecule has 0 aromatic rings. The Labute approximate surface area is 129 Å². The predicted molar refractivity (Wildman–Crippen MR) is 92.5 cm³/mol. The molecule has 1 atom stereocenters. The van der Waals surface area contributed by atoms with Gasteiger partial charge in [-0.1, -0.05) is 0 Å². The zero-order valence-electron chi connectivity index (χ0n) is 13.2. The van der Waals surface area contributed by atoms with Gasteiger partial charge in [0.1, 0.15) is 0 Å². The minimum absolute atomic E-state index is 0.946. The third kappa shape index (κ3) is 7.17. The summed E-state index contributed by atoms with van der Waals surface area (Å²) in [6.07, 6.45) is 11.5. The first kappa shape index (κ1) is 19.3. The second-order valence-electron chi connectivity index (χ2n) is 5.93. The number of rotatable bonds is 12. The number of hydrogen-bond donors (Lipinski definition) is 0. The van der Waals surface area contributed by atoms with Crippen molar-refractivity contribution in [2.45, 2.75) is 95.2 Å². The summed E-state index contributed by atoms with van der Waals surface area (Å²) in [7, 11) is 0. The quantitative estimate of drug-likeness (QED) is 0.234. The number of alkyl halides is 1. The van der Waals surface area contributed by atoms with Gasteiger partial charge >= 0.3 is 130 Å². The van der Waals surface area contributed by atoms with Gasteiger partial charge in [0.2, 0.25) is 0 Å². The second kappa shape index (κ2) is 12.1. The molecule has 110 valence electrons. The van der Waals surface area contributed by atoms with Gasteiger partial charge in [-0.15, -0.1) is 0 Å². The Morgan fingerprint density at radius 2 is 1.11 bits per heavy atom. The van der Waals surface area contributed by atoms with Gasteiger partial charge in [0.05, 0.1) is 0 Å². The fourth-order valence-electron chi connectivity index (χ4n) is 2.99. The molecular weight excluding hydrogens is 391 g/mol. The average molecular weight is 426 g/mol. The van der Waals surface area contributed by atoms with Crippen LogP contribution in [0.4, 0.5) is 0 Å². The molecule has 0 aliphatic heterocycles. The molecule has 0 aromatic carbocycles. The van der Waals surface area contributed by atoms with Crippen LogP contribution in [0, 0.1) is 0 Å². The van der Waals surface area contributed by atoms with Crippen molar-refractivity contribution in [1.82, 2.24) is 0 Å². The van der Waals surface area contributed by atoms with Gasteiger partial charge in [0, 0.05) is 0 Å². The molecule has 0 aromatic heterocycles. The molecule has 0 saturated carbocycles. The SMILES string of the molecule is CCC[CH2][Sn]([CH2]CCC)([CH2]CCC)[CH](Br)CCC. The van der Waals surface area contributed by atoms with Crippen molar-refractivity contribution in [3.8, 4) is 0 Å². The summed E-state index contributed by atoms with van der Waals surface area (Å²) in [6, 6.07) is 0. The van der Waals surface area contributed by atoms with Crippen LogP contribution >= 0.6 is 15.9 Å². The first-order valence-corrected chi connectivity index (χ1v) is 16.9. The van der Waals surface area contributed by atoms with Crippen LogP contribution in [-0.4, -0.2) is 21.2 Å². The second-order valence-corrected chi connectivity index (χ2v) is 23.5. The monoisotopic (exact) mass is 426 g/mol. The van der Waals surface area contributed by atoms with E-state index in [9.17, 15) is 0 Å². The molecule has 2 heteroatoms. The molecule has 0 aliphatic rings. The van der Waals surface area contributed by atoms with Crippen molar-refractivity contribution in [3.05, 3.63) is 0 Å². The Kier molecular flexibility index (Phi) is 12.9.